The fourth-order valence-corrected chi connectivity index (χ4v) is 2.76. The zero-order valence-corrected chi connectivity index (χ0v) is 14.6. The first-order valence-corrected chi connectivity index (χ1v) is 8.39. The Bertz CT molecular complexity index is 848. The summed E-state index contributed by atoms with van der Waals surface area (Å²) < 4.78 is 11.7. The number of nitrogens with zero attached hydrogens (tertiary/aromatic N) is 1. The van der Waals surface area contributed by atoms with E-state index in [9.17, 15) is 0 Å². The Morgan fingerprint density at radius 3 is 2.50 bits per heavy atom. The number of ether oxygens (including phenoxy) is 2. The van der Waals surface area contributed by atoms with Gasteiger partial charge in [-0.05, 0) is 49.7 Å². The molecular formula is C20H20ClNO2. The third-order valence-corrected chi connectivity index (χ3v) is 4.00. The van der Waals surface area contributed by atoms with Crippen LogP contribution < -0.4 is 9.47 Å². The number of aryl methyl sites for hydroxylation is 2. The minimum atomic E-state index is 0.585. The number of pyridine rings is 1. The van der Waals surface area contributed by atoms with Crippen LogP contribution in [0.3, 0.4) is 0 Å². The van der Waals surface area contributed by atoms with Gasteiger partial charge in [0.2, 0.25) is 0 Å². The summed E-state index contributed by atoms with van der Waals surface area (Å²) >= 11 is 5.95. The number of hydrogen-bond donors (Lipinski definition) is 0. The molecule has 0 atom stereocenters. The average Bonchev–Trinajstić information content (AvgIpc) is 2.56. The Labute approximate surface area is 147 Å². The number of rotatable bonds is 6. The molecule has 2 aromatic carbocycles. The van der Waals surface area contributed by atoms with Gasteiger partial charge in [-0.15, -0.1) is 0 Å². The average molecular weight is 342 g/mol. The van der Waals surface area contributed by atoms with Gasteiger partial charge in [0.1, 0.15) is 17.0 Å². The lowest BCUT2D eigenvalue weighted by molar-refractivity contribution is 0.248. The number of benzene rings is 2. The molecule has 0 bridgehead atoms. The molecule has 4 heteroatoms. The molecule has 0 saturated heterocycles. The summed E-state index contributed by atoms with van der Waals surface area (Å²) in [7, 11) is 0. The van der Waals surface area contributed by atoms with Crippen molar-refractivity contribution in [2.75, 3.05) is 13.2 Å². The Balaban J connectivity index is 1.54. The van der Waals surface area contributed by atoms with Crippen LogP contribution in [0.2, 0.25) is 5.02 Å². The predicted octanol–water partition coefficient (Wildman–Crippen LogP) is 5.35. The Kier molecular flexibility index (Phi) is 5.21. The summed E-state index contributed by atoms with van der Waals surface area (Å²) in [5.74, 6) is 1.68. The van der Waals surface area contributed by atoms with Crippen LogP contribution in [0.25, 0.3) is 10.9 Å². The Morgan fingerprint density at radius 1 is 0.917 bits per heavy atom. The van der Waals surface area contributed by atoms with Crippen LogP contribution >= 0.6 is 11.6 Å². The van der Waals surface area contributed by atoms with Crippen LogP contribution in [0.4, 0.5) is 0 Å². The van der Waals surface area contributed by atoms with Gasteiger partial charge in [-0.2, -0.15) is 0 Å². The molecule has 0 N–H and O–H groups in total. The minimum Gasteiger partial charge on any atom is -0.493 e. The van der Waals surface area contributed by atoms with Crippen LogP contribution in [0, 0.1) is 13.8 Å². The zero-order chi connectivity index (χ0) is 16.9. The molecule has 0 unspecified atom stereocenters. The van der Waals surface area contributed by atoms with Gasteiger partial charge in [0, 0.05) is 22.5 Å². The maximum atomic E-state index is 5.95. The molecule has 124 valence electrons. The van der Waals surface area contributed by atoms with E-state index in [4.69, 9.17) is 21.1 Å². The third-order valence-electron chi connectivity index (χ3n) is 3.76. The van der Waals surface area contributed by atoms with Crippen LogP contribution in [0.5, 0.6) is 11.5 Å². The molecule has 0 fully saturated rings. The number of hydrogen-bond acceptors (Lipinski definition) is 3. The fourth-order valence-electron chi connectivity index (χ4n) is 2.53. The van der Waals surface area contributed by atoms with Gasteiger partial charge in [0.05, 0.1) is 13.2 Å². The molecule has 1 heterocycles. The second kappa shape index (κ2) is 7.54. The Hall–Kier alpha value is -2.26. The van der Waals surface area contributed by atoms with E-state index in [0.29, 0.717) is 13.2 Å². The highest BCUT2D eigenvalue weighted by atomic mass is 35.5. The van der Waals surface area contributed by atoms with Gasteiger partial charge in [0.25, 0.3) is 0 Å². The number of fused-ring (bicyclic) bond motifs is 1. The van der Waals surface area contributed by atoms with Crippen LogP contribution in [0.15, 0.2) is 48.5 Å². The molecule has 0 aliphatic rings. The quantitative estimate of drug-likeness (QED) is 0.566. The zero-order valence-electron chi connectivity index (χ0n) is 13.9. The second-order valence-electron chi connectivity index (χ2n) is 5.74. The van der Waals surface area contributed by atoms with E-state index in [2.05, 4.69) is 11.1 Å². The number of para-hydroxylation sites is 1. The van der Waals surface area contributed by atoms with E-state index in [1.54, 1.807) is 0 Å². The summed E-state index contributed by atoms with van der Waals surface area (Å²) in [6, 6.07) is 15.7. The highest BCUT2D eigenvalue weighted by molar-refractivity contribution is 6.30. The molecule has 0 amide bonds. The van der Waals surface area contributed by atoms with Crippen molar-refractivity contribution in [3.8, 4) is 11.5 Å². The maximum absolute atomic E-state index is 5.95. The van der Waals surface area contributed by atoms with E-state index in [1.807, 2.05) is 56.3 Å². The van der Waals surface area contributed by atoms with Crippen molar-refractivity contribution < 1.29 is 9.47 Å². The minimum absolute atomic E-state index is 0.585. The molecule has 0 spiro atoms. The summed E-state index contributed by atoms with van der Waals surface area (Å²) in [5.41, 5.74) is 2.93. The van der Waals surface area contributed by atoms with Gasteiger partial charge in [-0.25, -0.2) is 4.98 Å². The normalized spacial score (nSPS) is 10.8. The van der Waals surface area contributed by atoms with Gasteiger partial charge in [0.15, 0.2) is 0 Å². The Morgan fingerprint density at radius 2 is 1.71 bits per heavy atom. The van der Waals surface area contributed by atoms with E-state index >= 15 is 0 Å². The van der Waals surface area contributed by atoms with Crippen LogP contribution in [-0.4, -0.2) is 18.2 Å². The highest BCUT2D eigenvalue weighted by Gasteiger charge is 2.04. The summed E-state index contributed by atoms with van der Waals surface area (Å²) in [6.07, 6.45) is 0.796. The van der Waals surface area contributed by atoms with Crippen LogP contribution in [-0.2, 0) is 0 Å². The molecule has 3 aromatic rings. The predicted molar refractivity (Wildman–Crippen MR) is 98.3 cm³/mol. The van der Waals surface area contributed by atoms with E-state index in [0.717, 1.165) is 45.1 Å². The van der Waals surface area contributed by atoms with E-state index < -0.39 is 0 Å². The molecule has 0 aliphatic heterocycles. The smallest absolute Gasteiger partial charge is 0.145 e. The number of aromatic nitrogens is 1. The fraction of sp³-hybridized carbons (Fsp3) is 0.250. The molecule has 3 rings (SSSR count). The summed E-state index contributed by atoms with van der Waals surface area (Å²) in [6.45, 7) is 5.15. The van der Waals surface area contributed by atoms with Crippen molar-refractivity contribution in [1.82, 2.24) is 4.98 Å². The van der Waals surface area contributed by atoms with E-state index in [1.165, 1.54) is 0 Å². The molecule has 0 radical (unpaired) electrons. The van der Waals surface area contributed by atoms with Crippen molar-refractivity contribution in [1.29, 1.82) is 0 Å². The van der Waals surface area contributed by atoms with Crippen molar-refractivity contribution in [3.05, 3.63) is 64.8 Å². The lowest BCUT2D eigenvalue weighted by Gasteiger charge is -2.11. The topological polar surface area (TPSA) is 31.4 Å². The first kappa shape index (κ1) is 16.6. The second-order valence-corrected chi connectivity index (χ2v) is 6.18. The van der Waals surface area contributed by atoms with Crippen molar-refractivity contribution in [3.63, 3.8) is 0 Å². The summed E-state index contributed by atoms with van der Waals surface area (Å²) in [4.78, 5) is 4.57. The van der Waals surface area contributed by atoms with Crippen molar-refractivity contribution >= 4 is 22.5 Å². The molecule has 0 saturated carbocycles. The van der Waals surface area contributed by atoms with Crippen molar-refractivity contribution in [2.24, 2.45) is 0 Å². The molecule has 3 nitrogen and oxygen atoms in total. The lowest BCUT2D eigenvalue weighted by Crippen LogP contribution is -2.06. The van der Waals surface area contributed by atoms with E-state index in [-0.39, 0.29) is 0 Å². The highest BCUT2D eigenvalue weighted by Crippen LogP contribution is 2.24. The lowest BCUT2D eigenvalue weighted by atomic mass is 10.2. The third kappa shape index (κ3) is 3.98. The molecule has 1 aromatic heterocycles. The molecule has 24 heavy (non-hydrogen) atoms. The molecule has 0 aliphatic carbocycles. The largest absolute Gasteiger partial charge is 0.493 e. The van der Waals surface area contributed by atoms with Gasteiger partial charge >= 0.3 is 0 Å². The summed E-state index contributed by atoms with van der Waals surface area (Å²) in [5, 5.41) is 1.81. The SMILES string of the molecule is Cc1ccc2cccc(OCCCOc3ccc(Cl)cc3C)c2n1. The van der Waals surface area contributed by atoms with Gasteiger partial charge in [-0.3, -0.25) is 0 Å². The van der Waals surface area contributed by atoms with Crippen molar-refractivity contribution in [2.45, 2.75) is 20.3 Å². The van der Waals surface area contributed by atoms with Crippen LogP contribution in [0.1, 0.15) is 17.7 Å². The maximum Gasteiger partial charge on any atom is 0.145 e. The first-order valence-electron chi connectivity index (χ1n) is 8.01. The molecular weight excluding hydrogens is 322 g/mol. The van der Waals surface area contributed by atoms with Gasteiger partial charge in [-0.1, -0.05) is 29.8 Å². The van der Waals surface area contributed by atoms with Gasteiger partial charge < -0.3 is 9.47 Å². The first-order chi connectivity index (χ1) is 11.6. The monoisotopic (exact) mass is 341 g/mol. The standard InChI is InChI=1S/C20H20ClNO2/c1-14-13-17(21)9-10-18(14)23-11-4-12-24-19-6-3-5-16-8-7-15(2)22-20(16)19/h3,5-10,13H,4,11-12H2,1-2H3. The number of halogens is 1.